The minimum atomic E-state index is -0.0806. The molecule has 0 spiro atoms. The van der Waals surface area contributed by atoms with E-state index in [0.29, 0.717) is 0 Å². The Morgan fingerprint density at radius 3 is 2.25 bits per heavy atom. The molecule has 0 saturated heterocycles. The highest BCUT2D eigenvalue weighted by molar-refractivity contribution is 9.10. The zero-order valence-corrected chi connectivity index (χ0v) is 15.1. The Morgan fingerprint density at radius 2 is 1.50 bits per heavy atom. The Balaban J connectivity index is 1.86. The van der Waals surface area contributed by atoms with Gasteiger partial charge in [0.1, 0.15) is 5.37 Å². The van der Waals surface area contributed by atoms with Crippen LogP contribution in [-0.2, 0) is 0 Å². The average molecular weight is 396 g/mol. The van der Waals surface area contributed by atoms with Crippen LogP contribution in [0.3, 0.4) is 0 Å². The van der Waals surface area contributed by atoms with Gasteiger partial charge in [0.2, 0.25) is 0 Å². The number of benzene rings is 3. The minimum Gasteiger partial charge on any atom is -0.291 e. The fourth-order valence-electron chi connectivity index (χ4n) is 2.84. The number of anilines is 1. The summed E-state index contributed by atoms with van der Waals surface area (Å²) in [7, 11) is 0. The van der Waals surface area contributed by atoms with Crippen LogP contribution in [0.15, 0.2) is 88.2 Å². The SMILES string of the molecule is O=C1c2ccccc2SC(c2ccc(Br)cc2)N1c1ccccc1. The lowest BCUT2D eigenvalue weighted by molar-refractivity contribution is 0.0979. The first-order chi connectivity index (χ1) is 11.7. The van der Waals surface area contributed by atoms with E-state index in [0.717, 1.165) is 26.2 Å². The number of amides is 1. The molecule has 24 heavy (non-hydrogen) atoms. The molecule has 3 aromatic rings. The lowest BCUT2D eigenvalue weighted by atomic mass is 10.1. The monoisotopic (exact) mass is 395 g/mol. The molecule has 4 heteroatoms. The van der Waals surface area contributed by atoms with Crippen LogP contribution in [0.1, 0.15) is 21.3 Å². The van der Waals surface area contributed by atoms with Crippen molar-refractivity contribution in [2.24, 2.45) is 0 Å². The molecule has 118 valence electrons. The fourth-order valence-corrected chi connectivity index (χ4v) is 4.40. The van der Waals surface area contributed by atoms with E-state index in [2.05, 4.69) is 28.1 Å². The molecule has 0 bridgehead atoms. The summed E-state index contributed by atoms with van der Waals surface area (Å²) >= 11 is 5.19. The number of carbonyl (C=O) groups excluding carboxylic acids is 1. The number of halogens is 1. The summed E-state index contributed by atoms with van der Waals surface area (Å²) in [4.78, 5) is 16.1. The second-order valence-electron chi connectivity index (χ2n) is 5.53. The first kappa shape index (κ1) is 15.5. The summed E-state index contributed by atoms with van der Waals surface area (Å²) in [6, 6.07) is 25.9. The molecule has 1 aliphatic rings. The first-order valence-electron chi connectivity index (χ1n) is 7.64. The van der Waals surface area contributed by atoms with Gasteiger partial charge in [0, 0.05) is 15.1 Å². The summed E-state index contributed by atoms with van der Waals surface area (Å²) in [5.74, 6) is 0.0449. The molecule has 1 amide bonds. The van der Waals surface area contributed by atoms with E-state index in [1.165, 1.54) is 0 Å². The number of para-hydroxylation sites is 1. The van der Waals surface area contributed by atoms with E-state index < -0.39 is 0 Å². The van der Waals surface area contributed by atoms with Crippen molar-refractivity contribution >= 4 is 39.3 Å². The van der Waals surface area contributed by atoms with Gasteiger partial charge >= 0.3 is 0 Å². The molecule has 1 unspecified atom stereocenters. The third-order valence-corrected chi connectivity index (χ3v) is 5.84. The summed E-state index contributed by atoms with van der Waals surface area (Å²) in [5.41, 5.74) is 2.78. The third kappa shape index (κ3) is 2.76. The van der Waals surface area contributed by atoms with Crippen molar-refractivity contribution in [1.82, 2.24) is 0 Å². The van der Waals surface area contributed by atoms with Crippen LogP contribution >= 0.6 is 27.7 Å². The Morgan fingerprint density at radius 1 is 0.833 bits per heavy atom. The van der Waals surface area contributed by atoms with Gasteiger partial charge in [-0.15, -0.1) is 0 Å². The molecule has 0 radical (unpaired) electrons. The van der Waals surface area contributed by atoms with Crippen molar-refractivity contribution in [3.05, 3.63) is 94.5 Å². The van der Waals surface area contributed by atoms with Crippen molar-refractivity contribution in [3.63, 3.8) is 0 Å². The van der Waals surface area contributed by atoms with Gasteiger partial charge in [0.25, 0.3) is 5.91 Å². The predicted octanol–water partition coefficient (Wildman–Crippen LogP) is 5.90. The maximum atomic E-state index is 13.2. The van der Waals surface area contributed by atoms with Crippen molar-refractivity contribution in [2.45, 2.75) is 10.3 Å². The van der Waals surface area contributed by atoms with Crippen molar-refractivity contribution < 1.29 is 4.79 Å². The molecular formula is C20H14BrNOS. The van der Waals surface area contributed by atoms with E-state index in [4.69, 9.17) is 0 Å². The van der Waals surface area contributed by atoms with Gasteiger partial charge in [0.05, 0.1) is 5.56 Å². The number of carbonyl (C=O) groups is 1. The number of hydrogen-bond donors (Lipinski definition) is 0. The standard InChI is InChI=1S/C20H14BrNOS/c21-15-12-10-14(11-13-15)20-22(16-6-2-1-3-7-16)19(23)17-8-4-5-9-18(17)24-20/h1-13,20H. The normalized spacial score (nSPS) is 16.8. The van der Waals surface area contributed by atoms with Crippen molar-refractivity contribution in [1.29, 1.82) is 0 Å². The average Bonchev–Trinajstić information content (AvgIpc) is 2.63. The van der Waals surface area contributed by atoms with Gasteiger partial charge in [-0.25, -0.2) is 0 Å². The molecule has 4 rings (SSSR count). The molecule has 2 nitrogen and oxygen atoms in total. The van der Waals surface area contributed by atoms with E-state index in [9.17, 15) is 4.79 Å². The summed E-state index contributed by atoms with van der Waals surface area (Å²) in [6.45, 7) is 0. The Kier molecular flexibility index (Phi) is 4.17. The topological polar surface area (TPSA) is 20.3 Å². The van der Waals surface area contributed by atoms with Gasteiger partial charge in [0.15, 0.2) is 0 Å². The van der Waals surface area contributed by atoms with Gasteiger partial charge in [-0.3, -0.25) is 9.69 Å². The molecule has 0 N–H and O–H groups in total. The van der Waals surface area contributed by atoms with Crippen LogP contribution in [0.4, 0.5) is 5.69 Å². The largest absolute Gasteiger partial charge is 0.291 e. The van der Waals surface area contributed by atoms with Crippen LogP contribution in [0.25, 0.3) is 0 Å². The Bertz CT molecular complexity index is 880. The maximum absolute atomic E-state index is 13.2. The van der Waals surface area contributed by atoms with Crippen LogP contribution < -0.4 is 4.90 Å². The second-order valence-corrected chi connectivity index (χ2v) is 7.57. The smallest absolute Gasteiger partial charge is 0.260 e. The minimum absolute atomic E-state index is 0.0449. The molecule has 1 heterocycles. The van der Waals surface area contributed by atoms with E-state index in [1.54, 1.807) is 11.8 Å². The Labute approximate surface area is 153 Å². The fraction of sp³-hybridized carbons (Fsp3) is 0.0500. The number of rotatable bonds is 2. The summed E-state index contributed by atoms with van der Waals surface area (Å²) < 4.78 is 1.03. The van der Waals surface area contributed by atoms with E-state index in [1.807, 2.05) is 71.6 Å². The molecule has 0 saturated carbocycles. The molecular weight excluding hydrogens is 382 g/mol. The van der Waals surface area contributed by atoms with Crippen LogP contribution in [0.2, 0.25) is 0 Å². The second kappa shape index (κ2) is 6.46. The molecule has 0 aliphatic carbocycles. The molecule has 3 aromatic carbocycles. The maximum Gasteiger partial charge on any atom is 0.260 e. The highest BCUT2D eigenvalue weighted by Gasteiger charge is 2.34. The predicted molar refractivity (Wildman–Crippen MR) is 102 cm³/mol. The van der Waals surface area contributed by atoms with Crippen molar-refractivity contribution in [2.75, 3.05) is 4.90 Å². The van der Waals surface area contributed by atoms with E-state index in [-0.39, 0.29) is 11.3 Å². The van der Waals surface area contributed by atoms with Gasteiger partial charge in [-0.05, 0) is 42.0 Å². The number of fused-ring (bicyclic) bond motifs is 1. The lowest BCUT2D eigenvalue weighted by Crippen LogP contribution is -2.36. The Hall–Kier alpha value is -2.04. The zero-order chi connectivity index (χ0) is 16.5. The molecule has 1 atom stereocenters. The quantitative estimate of drug-likeness (QED) is 0.538. The molecule has 0 fully saturated rings. The van der Waals surface area contributed by atoms with Gasteiger partial charge in [-0.1, -0.05) is 70.2 Å². The van der Waals surface area contributed by atoms with Crippen LogP contribution in [0, 0.1) is 0 Å². The molecule has 1 aliphatic heterocycles. The third-order valence-electron chi connectivity index (χ3n) is 4.00. The zero-order valence-electron chi connectivity index (χ0n) is 12.7. The molecule has 0 aromatic heterocycles. The summed E-state index contributed by atoms with van der Waals surface area (Å²) in [6.07, 6.45) is 0. The lowest BCUT2D eigenvalue weighted by Gasteiger charge is -2.36. The summed E-state index contributed by atoms with van der Waals surface area (Å²) in [5, 5.41) is -0.0806. The number of hydrogen-bond acceptors (Lipinski definition) is 2. The highest BCUT2D eigenvalue weighted by Crippen LogP contribution is 2.46. The first-order valence-corrected chi connectivity index (χ1v) is 9.31. The van der Waals surface area contributed by atoms with E-state index >= 15 is 0 Å². The van der Waals surface area contributed by atoms with Gasteiger partial charge in [-0.2, -0.15) is 0 Å². The highest BCUT2D eigenvalue weighted by atomic mass is 79.9. The number of nitrogens with zero attached hydrogens (tertiary/aromatic N) is 1. The number of thioether (sulfide) groups is 1. The van der Waals surface area contributed by atoms with Crippen LogP contribution in [-0.4, -0.2) is 5.91 Å². The van der Waals surface area contributed by atoms with Gasteiger partial charge < -0.3 is 0 Å². The van der Waals surface area contributed by atoms with Crippen molar-refractivity contribution in [3.8, 4) is 0 Å². The van der Waals surface area contributed by atoms with Crippen LogP contribution in [0.5, 0.6) is 0 Å².